The van der Waals surface area contributed by atoms with Crippen molar-refractivity contribution in [1.82, 2.24) is 0 Å². The van der Waals surface area contributed by atoms with Crippen LogP contribution < -0.4 is 4.52 Å². The van der Waals surface area contributed by atoms with Gasteiger partial charge >= 0.3 is 8.24 Å². The molecular weight excluding hydrogens is 535 g/mol. The van der Waals surface area contributed by atoms with Gasteiger partial charge < -0.3 is 8.39 Å². The van der Waals surface area contributed by atoms with E-state index in [1.807, 2.05) is 0 Å². The van der Waals surface area contributed by atoms with Gasteiger partial charge in [0.15, 0.2) is 0 Å². The molecule has 0 N–H and O–H groups in total. The zero-order valence-electron chi connectivity index (χ0n) is 29.2. The maximum atomic E-state index is 7.03. The lowest BCUT2D eigenvalue weighted by atomic mass is 9.45. The molecule has 3 aliphatic rings. The number of hydrogen-bond acceptors (Lipinski definition) is 3. The lowest BCUT2D eigenvalue weighted by Crippen LogP contribution is -2.57. The van der Waals surface area contributed by atoms with Gasteiger partial charge in [-0.05, 0) is 80.9 Å². The van der Waals surface area contributed by atoms with Crippen LogP contribution in [0.4, 0.5) is 0 Å². The Kier molecular flexibility index (Phi) is 7.48. The average Bonchev–Trinajstić information content (AvgIpc) is 2.97. The Balaban J connectivity index is 1.89. The van der Waals surface area contributed by atoms with Crippen LogP contribution in [0.1, 0.15) is 139 Å². The quantitative estimate of drug-likeness (QED) is 0.297. The van der Waals surface area contributed by atoms with Crippen molar-refractivity contribution in [3.05, 3.63) is 46.5 Å². The van der Waals surface area contributed by atoms with E-state index in [1.165, 1.54) is 28.7 Å². The fourth-order valence-corrected chi connectivity index (χ4v) is 8.71. The molecule has 42 heavy (non-hydrogen) atoms. The van der Waals surface area contributed by atoms with Gasteiger partial charge in [0, 0.05) is 21.9 Å². The summed E-state index contributed by atoms with van der Waals surface area (Å²) in [6, 6.07) is 9.48. The van der Waals surface area contributed by atoms with Crippen LogP contribution in [0.2, 0.25) is 0 Å². The molecule has 3 aliphatic carbocycles. The van der Waals surface area contributed by atoms with Crippen LogP contribution in [0.5, 0.6) is 0 Å². The van der Waals surface area contributed by atoms with Gasteiger partial charge in [-0.15, -0.1) is 0 Å². The molecule has 6 rings (SSSR count). The van der Waals surface area contributed by atoms with E-state index < -0.39 is 8.24 Å². The minimum atomic E-state index is -1.65. The van der Waals surface area contributed by atoms with Crippen molar-refractivity contribution in [3.63, 3.8) is 0 Å². The van der Waals surface area contributed by atoms with Crippen LogP contribution in [0.25, 0.3) is 21.9 Å². The van der Waals surface area contributed by atoms with Gasteiger partial charge in [0.1, 0.15) is 11.2 Å². The van der Waals surface area contributed by atoms with E-state index in [-0.39, 0.29) is 27.8 Å². The summed E-state index contributed by atoms with van der Waals surface area (Å²) in [5, 5.41) is 2.27. The highest BCUT2D eigenvalue weighted by atomic mass is 31.1. The minimum Gasteiger partial charge on any atom is -0.399 e. The van der Waals surface area contributed by atoms with E-state index in [4.69, 9.17) is 12.9 Å². The van der Waals surface area contributed by atoms with Crippen molar-refractivity contribution >= 4 is 30.2 Å². The molecule has 4 atom stereocenters. The van der Waals surface area contributed by atoms with E-state index in [2.05, 4.69) is 128 Å². The summed E-state index contributed by atoms with van der Waals surface area (Å²) >= 11 is 0. The molecule has 3 saturated carbocycles. The van der Waals surface area contributed by atoms with E-state index in [1.54, 1.807) is 0 Å². The van der Waals surface area contributed by atoms with E-state index in [0.717, 1.165) is 28.4 Å². The topological polar surface area (TPSA) is 35.5 Å². The van der Waals surface area contributed by atoms with Crippen LogP contribution in [0.15, 0.2) is 32.7 Å². The molecule has 3 fully saturated rings. The molecule has 1 aromatic heterocycles. The Bertz CT molecular complexity index is 1450. The van der Waals surface area contributed by atoms with Crippen LogP contribution in [-0.2, 0) is 21.7 Å². The lowest BCUT2D eigenvalue weighted by molar-refractivity contribution is -0.139. The predicted octanol–water partition coefficient (Wildman–Crippen LogP) is 12.0. The molecule has 1 heterocycles. The molecule has 2 bridgehead atoms. The highest BCUT2D eigenvalue weighted by Gasteiger charge is 2.57. The first-order chi connectivity index (χ1) is 19.0. The Hall–Kier alpha value is -1.70. The molecule has 3 aromatic rings. The van der Waals surface area contributed by atoms with Crippen LogP contribution in [0.3, 0.4) is 0 Å². The first-order valence-electron chi connectivity index (χ1n) is 16.2. The summed E-state index contributed by atoms with van der Waals surface area (Å²) < 4.78 is 21.0. The van der Waals surface area contributed by atoms with E-state index in [0.29, 0.717) is 23.2 Å². The van der Waals surface area contributed by atoms with Crippen molar-refractivity contribution in [3.8, 4) is 0 Å². The second kappa shape index (κ2) is 9.90. The highest BCUT2D eigenvalue weighted by Crippen LogP contribution is 2.62. The van der Waals surface area contributed by atoms with Gasteiger partial charge in [0.05, 0.1) is 6.10 Å². The maximum absolute atomic E-state index is 7.03. The van der Waals surface area contributed by atoms with Crippen molar-refractivity contribution in [2.75, 3.05) is 0 Å². The van der Waals surface area contributed by atoms with Gasteiger partial charge in [0.25, 0.3) is 0 Å². The third kappa shape index (κ3) is 5.51. The summed E-state index contributed by atoms with van der Waals surface area (Å²) in [5.41, 5.74) is 7.08. The molecule has 0 aliphatic heterocycles. The van der Waals surface area contributed by atoms with Crippen molar-refractivity contribution < 1.29 is 12.9 Å². The largest absolute Gasteiger partial charge is 0.399 e. The van der Waals surface area contributed by atoms with Gasteiger partial charge in [-0.1, -0.05) is 116 Å². The third-order valence-electron chi connectivity index (χ3n) is 10.7. The van der Waals surface area contributed by atoms with Crippen molar-refractivity contribution in [1.29, 1.82) is 0 Å². The SMILES string of the molecule is C[C@@H]1[C@H]2C[C@@H](C[C@H]1Op1oc3c(C(C)(C)C)cc(C(C)(C)C)cc3c3cc(C(C)(C)C)cc(C(C)(C)C)c3o1)C2(C)C. The van der Waals surface area contributed by atoms with Gasteiger partial charge in [-0.25, -0.2) is 0 Å². The summed E-state index contributed by atoms with van der Waals surface area (Å²) in [6.45, 7) is 34.8. The first-order valence-corrected chi connectivity index (χ1v) is 17.3. The number of benzene rings is 2. The molecule has 0 spiro atoms. The molecule has 2 aromatic carbocycles. The Morgan fingerprint density at radius 1 is 0.667 bits per heavy atom. The van der Waals surface area contributed by atoms with Gasteiger partial charge in [-0.2, -0.15) is 0 Å². The van der Waals surface area contributed by atoms with Crippen molar-refractivity contribution in [2.24, 2.45) is 23.2 Å². The average molecular weight is 593 g/mol. The summed E-state index contributed by atoms with van der Waals surface area (Å²) in [6.07, 6.45) is 2.56. The van der Waals surface area contributed by atoms with Crippen LogP contribution in [-0.4, -0.2) is 6.10 Å². The highest BCUT2D eigenvalue weighted by molar-refractivity contribution is 7.31. The predicted molar refractivity (Wildman–Crippen MR) is 181 cm³/mol. The molecule has 3 nitrogen and oxygen atoms in total. The molecule has 0 radical (unpaired) electrons. The minimum absolute atomic E-state index is 0.0105. The fourth-order valence-electron chi connectivity index (χ4n) is 7.40. The van der Waals surface area contributed by atoms with Gasteiger partial charge in [0.2, 0.25) is 0 Å². The molecule has 232 valence electrons. The zero-order valence-corrected chi connectivity index (χ0v) is 30.1. The Morgan fingerprint density at radius 3 is 1.43 bits per heavy atom. The fraction of sp³-hybridized carbons (Fsp3) is 0.684. The monoisotopic (exact) mass is 592 g/mol. The maximum Gasteiger partial charge on any atom is 0.387 e. The van der Waals surface area contributed by atoms with Gasteiger partial charge in [-0.3, -0.25) is 4.52 Å². The summed E-state index contributed by atoms with van der Waals surface area (Å²) in [7, 11) is -1.65. The van der Waals surface area contributed by atoms with E-state index >= 15 is 0 Å². The molecule has 0 amide bonds. The molecule has 4 heteroatoms. The Labute approximate surface area is 256 Å². The summed E-state index contributed by atoms with van der Waals surface area (Å²) in [5.74, 6) is 1.89. The normalized spacial score (nSPS) is 24.6. The standard InChI is InChI=1S/C38H57O3P/c1-22-28-20-25(38(28,14)15)21-31(22)39-42-40-32-26(16-23(34(2,3)4)18-29(32)36(8,9)10)27-17-24(35(5,6)7)19-30(33(27)41-42)37(11,12)13/h16-19,22,25,28,31H,20-21H2,1-15H3/t22-,25+,28-,31-/m1/s1. The second-order valence-electron chi connectivity index (χ2n) is 18.3. The summed E-state index contributed by atoms with van der Waals surface area (Å²) in [4.78, 5) is 0. The van der Waals surface area contributed by atoms with Crippen LogP contribution >= 0.6 is 8.24 Å². The smallest absolute Gasteiger partial charge is 0.387 e. The number of fused-ring (bicyclic) bond motifs is 5. The first kappa shape index (κ1) is 31.7. The third-order valence-corrected chi connectivity index (χ3v) is 11.8. The van der Waals surface area contributed by atoms with E-state index in [9.17, 15) is 0 Å². The van der Waals surface area contributed by atoms with Crippen LogP contribution in [0, 0.1) is 23.2 Å². The van der Waals surface area contributed by atoms with Crippen molar-refractivity contribution in [2.45, 2.75) is 144 Å². The number of rotatable bonds is 2. The Morgan fingerprint density at radius 2 is 1.10 bits per heavy atom. The molecule has 0 unspecified atom stereocenters. The molecule has 0 saturated heterocycles. The second-order valence-corrected chi connectivity index (χ2v) is 19.3. The number of hydrogen-bond donors (Lipinski definition) is 0. The molecular formula is C38H57O3P. The lowest BCUT2D eigenvalue weighted by Gasteiger charge is -2.61. The zero-order chi connectivity index (χ0) is 31.4.